The van der Waals surface area contributed by atoms with Crippen LogP contribution >= 0.6 is 0 Å². The molecule has 0 radical (unpaired) electrons. The summed E-state index contributed by atoms with van der Waals surface area (Å²) < 4.78 is 50.5. The maximum absolute atomic E-state index is 12.5. The van der Waals surface area contributed by atoms with Gasteiger partial charge in [0, 0.05) is 17.4 Å². The second-order valence-electron chi connectivity index (χ2n) is 6.19. The van der Waals surface area contributed by atoms with E-state index in [0.29, 0.717) is 17.7 Å². The Labute approximate surface area is 148 Å². The summed E-state index contributed by atoms with van der Waals surface area (Å²) in [7, 11) is -6.58. The minimum atomic E-state index is -3.64. The Hall–Kier alpha value is -2.06. The molecule has 0 bridgehead atoms. The van der Waals surface area contributed by atoms with Crippen LogP contribution in [0.5, 0.6) is 0 Å². The van der Waals surface area contributed by atoms with Gasteiger partial charge in [-0.15, -0.1) is 0 Å². The quantitative estimate of drug-likeness (QED) is 0.831. The van der Waals surface area contributed by atoms with E-state index in [2.05, 4.69) is 10.0 Å². The van der Waals surface area contributed by atoms with Gasteiger partial charge < -0.3 is 5.32 Å². The van der Waals surface area contributed by atoms with Crippen molar-refractivity contribution < 1.29 is 16.8 Å². The van der Waals surface area contributed by atoms with E-state index < -0.39 is 19.9 Å². The van der Waals surface area contributed by atoms with Crippen LogP contribution in [0.1, 0.15) is 12.0 Å². The van der Waals surface area contributed by atoms with Gasteiger partial charge in [-0.1, -0.05) is 18.2 Å². The van der Waals surface area contributed by atoms with Crippen LogP contribution in [0, 0.1) is 6.92 Å². The Morgan fingerprint density at radius 2 is 1.64 bits per heavy atom. The molecular weight excluding hydrogens is 360 g/mol. The fourth-order valence-corrected chi connectivity index (χ4v) is 5.83. The van der Waals surface area contributed by atoms with E-state index in [1.165, 1.54) is 0 Å². The van der Waals surface area contributed by atoms with Crippen LogP contribution in [-0.2, 0) is 19.9 Å². The summed E-state index contributed by atoms with van der Waals surface area (Å²) in [5.74, 6) is 0.341. The summed E-state index contributed by atoms with van der Waals surface area (Å²) in [6.07, 6.45) is 0.587. The minimum Gasteiger partial charge on any atom is -0.381 e. The molecular formula is C17H20N2O4S2. The number of sulfone groups is 1. The lowest BCUT2D eigenvalue weighted by Crippen LogP contribution is -2.20. The summed E-state index contributed by atoms with van der Waals surface area (Å²) in [6, 6.07) is 13.5. The van der Waals surface area contributed by atoms with Crippen molar-refractivity contribution in [3.8, 4) is 0 Å². The van der Waals surface area contributed by atoms with Gasteiger partial charge in [0.05, 0.1) is 16.4 Å². The van der Waals surface area contributed by atoms with Gasteiger partial charge in [-0.3, -0.25) is 4.72 Å². The fourth-order valence-electron chi connectivity index (χ4n) is 2.85. The van der Waals surface area contributed by atoms with Crippen molar-refractivity contribution in [1.29, 1.82) is 0 Å². The molecule has 1 aliphatic heterocycles. The molecule has 1 aliphatic rings. The van der Waals surface area contributed by atoms with Gasteiger partial charge in [-0.25, -0.2) is 16.8 Å². The standard InChI is InChI=1S/C17H20N2O4S2/c1-13-4-2-3-5-17(13)25(22,23)19-15-8-6-14(7-9-15)18-16-10-11-24(20,21)12-16/h2-9,16,18-19H,10-12H2,1H3. The molecule has 1 heterocycles. The van der Waals surface area contributed by atoms with E-state index in [-0.39, 0.29) is 22.4 Å². The lowest BCUT2D eigenvalue weighted by Gasteiger charge is -2.14. The number of hydrogen-bond acceptors (Lipinski definition) is 5. The van der Waals surface area contributed by atoms with Crippen LogP contribution in [0.25, 0.3) is 0 Å². The predicted octanol–water partition coefficient (Wildman–Crippen LogP) is 2.39. The molecule has 0 spiro atoms. The first-order chi connectivity index (χ1) is 11.8. The average molecular weight is 380 g/mol. The number of sulfonamides is 1. The molecule has 0 aromatic heterocycles. The van der Waals surface area contributed by atoms with Crippen LogP contribution in [0.3, 0.4) is 0 Å². The van der Waals surface area contributed by atoms with Crippen molar-refractivity contribution in [3.05, 3.63) is 54.1 Å². The van der Waals surface area contributed by atoms with E-state index in [1.807, 2.05) is 0 Å². The van der Waals surface area contributed by atoms with Crippen LogP contribution in [0.2, 0.25) is 0 Å². The summed E-state index contributed by atoms with van der Waals surface area (Å²) in [4.78, 5) is 0.244. The average Bonchev–Trinajstić information content (AvgIpc) is 2.88. The van der Waals surface area contributed by atoms with E-state index in [9.17, 15) is 16.8 Å². The lowest BCUT2D eigenvalue weighted by atomic mass is 10.2. The van der Waals surface area contributed by atoms with Gasteiger partial charge >= 0.3 is 0 Å². The van der Waals surface area contributed by atoms with Crippen molar-refractivity contribution in [1.82, 2.24) is 0 Å². The number of aryl methyl sites for hydroxylation is 1. The molecule has 1 atom stereocenters. The van der Waals surface area contributed by atoms with Gasteiger partial charge in [0.15, 0.2) is 9.84 Å². The smallest absolute Gasteiger partial charge is 0.262 e. The number of nitrogens with one attached hydrogen (secondary N) is 2. The molecule has 2 aromatic rings. The molecule has 8 heteroatoms. The Kier molecular flexibility index (Phi) is 4.75. The summed E-state index contributed by atoms with van der Waals surface area (Å²) in [5.41, 5.74) is 1.89. The van der Waals surface area contributed by atoms with Crippen LogP contribution in [0.15, 0.2) is 53.4 Å². The van der Waals surface area contributed by atoms with Crippen LogP contribution in [-0.4, -0.2) is 34.4 Å². The molecule has 1 unspecified atom stereocenters. The van der Waals surface area contributed by atoms with Crippen molar-refractivity contribution in [3.63, 3.8) is 0 Å². The normalized spacial score (nSPS) is 19.5. The second-order valence-corrected chi connectivity index (χ2v) is 10.1. The number of rotatable bonds is 5. The zero-order valence-corrected chi connectivity index (χ0v) is 15.4. The molecule has 2 N–H and O–H groups in total. The molecule has 1 fully saturated rings. The van der Waals surface area contributed by atoms with Crippen molar-refractivity contribution in [2.75, 3.05) is 21.5 Å². The third-order valence-electron chi connectivity index (χ3n) is 4.12. The van der Waals surface area contributed by atoms with E-state index in [1.54, 1.807) is 55.5 Å². The Balaban J connectivity index is 1.70. The lowest BCUT2D eigenvalue weighted by molar-refractivity contribution is 0.599. The molecule has 25 heavy (non-hydrogen) atoms. The maximum atomic E-state index is 12.5. The highest BCUT2D eigenvalue weighted by atomic mass is 32.2. The summed E-state index contributed by atoms with van der Waals surface area (Å²) in [5, 5.41) is 3.17. The van der Waals surface area contributed by atoms with E-state index in [4.69, 9.17) is 0 Å². The van der Waals surface area contributed by atoms with Crippen LogP contribution < -0.4 is 10.0 Å². The first-order valence-electron chi connectivity index (χ1n) is 7.91. The highest BCUT2D eigenvalue weighted by Crippen LogP contribution is 2.22. The Bertz CT molecular complexity index is 968. The Morgan fingerprint density at radius 3 is 2.24 bits per heavy atom. The zero-order chi connectivity index (χ0) is 18.1. The topological polar surface area (TPSA) is 92.3 Å². The third kappa shape index (κ3) is 4.32. The molecule has 1 saturated heterocycles. The minimum absolute atomic E-state index is 0.0977. The first kappa shape index (κ1) is 17.8. The first-order valence-corrected chi connectivity index (χ1v) is 11.2. The highest BCUT2D eigenvalue weighted by molar-refractivity contribution is 7.92. The molecule has 6 nitrogen and oxygen atoms in total. The van der Waals surface area contributed by atoms with E-state index in [0.717, 1.165) is 5.69 Å². The van der Waals surface area contributed by atoms with Gasteiger partial charge in [0.25, 0.3) is 10.0 Å². The fraction of sp³-hybridized carbons (Fsp3) is 0.294. The molecule has 3 rings (SSSR count). The van der Waals surface area contributed by atoms with Gasteiger partial charge in [0.1, 0.15) is 0 Å². The molecule has 134 valence electrons. The number of benzene rings is 2. The zero-order valence-electron chi connectivity index (χ0n) is 13.8. The SMILES string of the molecule is Cc1ccccc1S(=O)(=O)Nc1ccc(NC2CCS(=O)(=O)C2)cc1. The molecule has 0 aliphatic carbocycles. The second kappa shape index (κ2) is 6.68. The molecule has 2 aromatic carbocycles. The maximum Gasteiger partial charge on any atom is 0.262 e. The third-order valence-corrected chi connectivity index (χ3v) is 7.43. The highest BCUT2D eigenvalue weighted by Gasteiger charge is 2.27. The van der Waals surface area contributed by atoms with Crippen molar-refractivity contribution in [2.45, 2.75) is 24.3 Å². The van der Waals surface area contributed by atoms with Gasteiger partial charge in [-0.05, 0) is 49.2 Å². The number of hydrogen-bond donors (Lipinski definition) is 2. The van der Waals surface area contributed by atoms with Crippen molar-refractivity contribution >= 4 is 31.2 Å². The monoisotopic (exact) mass is 380 g/mol. The van der Waals surface area contributed by atoms with Gasteiger partial charge in [0.2, 0.25) is 0 Å². The van der Waals surface area contributed by atoms with Crippen molar-refractivity contribution in [2.24, 2.45) is 0 Å². The predicted molar refractivity (Wildman–Crippen MR) is 99.1 cm³/mol. The summed E-state index contributed by atoms with van der Waals surface area (Å²) >= 11 is 0. The number of anilines is 2. The largest absolute Gasteiger partial charge is 0.381 e. The Morgan fingerprint density at radius 1 is 1.00 bits per heavy atom. The molecule has 0 saturated carbocycles. The molecule has 0 amide bonds. The van der Waals surface area contributed by atoms with E-state index >= 15 is 0 Å². The van der Waals surface area contributed by atoms with Gasteiger partial charge in [-0.2, -0.15) is 0 Å². The van der Waals surface area contributed by atoms with Crippen LogP contribution in [0.4, 0.5) is 11.4 Å². The summed E-state index contributed by atoms with van der Waals surface area (Å²) in [6.45, 7) is 1.75.